The van der Waals surface area contributed by atoms with E-state index in [4.69, 9.17) is 10.9 Å². The van der Waals surface area contributed by atoms with Gasteiger partial charge in [0.25, 0.3) is 0 Å². The summed E-state index contributed by atoms with van der Waals surface area (Å²) in [5.41, 5.74) is 5.44. The number of rotatable bonds is 7. The molecule has 0 saturated carbocycles. The van der Waals surface area contributed by atoms with Crippen LogP contribution in [0.15, 0.2) is 5.16 Å². The highest BCUT2D eigenvalue weighted by Gasteiger charge is 2.23. The van der Waals surface area contributed by atoms with Crippen molar-refractivity contribution in [2.75, 3.05) is 26.2 Å². The maximum absolute atomic E-state index is 9.20. The van der Waals surface area contributed by atoms with Gasteiger partial charge < -0.3 is 20.9 Å². The van der Waals surface area contributed by atoms with E-state index in [1.54, 1.807) is 0 Å². The molecule has 1 atom stereocenters. The Balaban J connectivity index is 2.20. The van der Waals surface area contributed by atoms with Crippen LogP contribution in [0.4, 0.5) is 0 Å². The van der Waals surface area contributed by atoms with E-state index in [0.717, 1.165) is 45.3 Å². The largest absolute Gasteiger partial charge is 0.409 e. The summed E-state index contributed by atoms with van der Waals surface area (Å²) in [6, 6.07) is 0. The van der Waals surface area contributed by atoms with Crippen molar-refractivity contribution in [3.8, 4) is 0 Å². The summed E-state index contributed by atoms with van der Waals surface area (Å²) in [4.78, 5) is 2.45. The molecule has 1 unspecified atom stereocenters. The molecule has 0 radical (unpaired) electrons. The van der Waals surface area contributed by atoms with Crippen LogP contribution in [0.25, 0.3) is 0 Å². The van der Waals surface area contributed by atoms with Crippen molar-refractivity contribution in [1.82, 2.24) is 4.90 Å². The first-order valence-electron chi connectivity index (χ1n) is 7.31. The third kappa shape index (κ3) is 5.37. The number of oxime groups is 1. The minimum atomic E-state index is -0.232. The second-order valence-electron chi connectivity index (χ2n) is 6.32. The predicted molar refractivity (Wildman–Crippen MR) is 77.3 cm³/mol. The van der Waals surface area contributed by atoms with Crippen molar-refractivity contribution >= 4 is 5.84 Å². The van der Waals surface area contributed by atoms with Crippen molar-refractivity contribution < 1.29 is 10.3 Å². The molecule has 1 aliphatic rings. The van der Waals surface area contributed by atoms with Crippen LogP contribution in [0.2, 0.25) is 0 Å². The van der Waals surface area contributed by atoms with E-state index in [2.05, 4.69) is 10.1 Å². The van der Waals surface area contributed by atoms with Crippen LogP contribution in [0.1, 0.15) is 46.0 Å². The van der Waals surface area contributed by atoms with Gasteiger partial charge in [0.15, 0.2) is 0 Å². The molecular formula is C14H29N3O2. The molecular weight excluding hydrogens is 242 g/mol. The molecule has 1 saturated heterocycles. The normalized spacial score (nSPS) is 22.7. The lowest BCUT2D eigenvalue weighted by Gasteiger charge is -2.32. The molecule has 1 rings (SSSR count). The fourth-order valence-electron chi connectivity index (χ4n) is 2.67. The van der Waals surface area contributed by atoms with Crippen molar-refractivity contribution in [2.45, 2.75) is 46.0 Å². The zero-order valence-electron chi connectivity index (χ0n) is 12.3. The molecule has 0 aromatic heterocycles. The third-order valence-electron chi connectivity index (χ3n) is 4.19. The molecule has 112 valence electrons. The summed E-state index contributed by atoms with van der Waals surface area (Å²) in [6.45, 7) is 7.59. The van der Waals surface area contributed by atoms with Crippen LogP contribution >= 0.6 is 0 Å². The quantitative estimate of drug-likeness (QED) is 0.216. The van der Waals surface area contributed by atoms with E-state index in [9.17, 15) is 5.11 Å². The number of aliphatic hydroxyl groups excluding tert-OH is 1. The van der Waals surface area contributed by atoms with Gasteiger partial charge in [-0.1, -0.05) is 25.4 Å². The van der Waals surface area contributed by atoms with Gasteiger partial charge in [0.05, 0.1) is 0 Å². The van der Waals surface area contributed by atoms with E-state index < -0.39 is 0 Å². The zero-order valence-corrected chi connectivity index (χ0v) is 12.3. The number of amidine groups is 1. The minimum absolute atomic E-state index is 0.232. The molecule has 19 heavy (non-hydrogen) atoms. The molecule has 0 bridgehead atoms. The zero-order chi connectivity index (χ0) is 14.3. The highest BCUT2D eigenvalue weighted by Crippen LogP contribution is 2.24. The molecule has 0 aliphatic carbocycles. The Bertz CT molecular complexity index is 292. The van der Waals surface area contributed by atoms with Crippen LogP contribution in [-0.4, -0.2) is 47.3 Å². The van der Waals surface area contributed by atoms with E-state index >= 15 is 0 Å². The van der Waals surface area contributed by atoms with E-state index in [-0.39, 0.29) is 5.41 Å². The molecule has 1 aliphatic heterocycles. The van der Waals surface area contributed by atoms with Crippen LogP contribution in [0.5, 0.6) is 0 Å². The number of hydrogen-bond donors (Lipinski definition) is 3. The molecule has 1 heterocycles. The van der Waals surface area contributed by atoms with Gasteiger partial charge in [0, 0.05) is 18.6 Å². The first kappa shape index (κ1) is 16.2. The Morgan fingerprint density at radius 3 is 2.79 bits per heavy atom. The monoisotopic (exact) mass is 271 g/mol. The lowest BCUT2D eigenvalue weighted by Crippen LogP contribution is -2.37. The Morgan fingerprint density at radius 2 is 2.16 bits per heavy atom. The first-order chi connectivity index (χ1) is 8.99. The molecule has 0 aromatic rings. The average Bonchev–Trinajstić information content (AvgIpc) is 2.43. The number of piperidine rings is 1. The second kappa shape index (κ2) is 7.70. The van der Waals surface area contributed by atoms with Crippen LogP contribution in [-0.2, 0) is 0 Å². The van der Waals surface area contributed by atoms with E-state index in [1.165, 1.54) is 6.42 Å². The van der Waals surface area contributed by atoms with Gasteiger partial charge in [0.2, 0.25) is 0 Å². The summed E-state index contributed by atoms with van der Waals surface area (Å²) >= 11 is 0. The van der Waals surface area contributed by atoms with Gasteiger partial charge in [-0.15, -0.1) is 0 Å². The average molecular weight is 271 g/mol. The Labute approximate surface area is 116 Å². The standard InChI is InChI=1S/C14H29N3O2/c1-14(2,13(15)16-19)7-3-4-8-17-9-5-6-12(10-17)11-18/h12,18-19H,3-11H2,1-2H3,(H2,15,16). The van der Waals surface area contributed by atoms with Crippen LogP contribution in [0, 0.1) is 11.3 Å². The van der Waals surface area contributed by atoms with Gasteiger partial charge in [-0.2, -0.15) is 0 Å². The van der Waals surface area contributed by atoms with Crippen LogP contribution in [0.3, 0.4) is 0 Å². The second-order valence-corrected chi connectivity index (χ2v) is 6.32. The van der Waals surface area contributed by atoms with Gasteiger partial charge in [-0.3, -0.25) is 0 Å². The van der Waals surface area contributed by atoms with Crippen molar-refractivity contribution in [3.63, 3.8) is 0 Å². The minimum Gasteiger partial charge on any atom is -0.409 e. The summed E-state index contributed by atoms with van der Waals surface area (Å²) in [5, 5.41) is 21.0. The number of likely N-dealkylation sites (tertiary alicyclic amines) is 1. The van der Waals surface area contributed by atoms with Gasteiger partial charge >= 0.3 is 0 Å². The number of nitrogens with zero attached hydrogens (tertiary/aromatic N) is 2. The Hall–Kier alpha value is -0.810. The molecule has 5 nitrogen and oxygen atoms in total. The fraction of sp³-hybridized carbons (Fsp3) is 0.929. The topological polar surface area (TPSA) is 82.1 Å². The Kier molecular flexibility index (Phi) is 6.58. The van der Waals surface area contributed by atoms with Crippen molar-refractivity contribution in [1.29, 1.82) is 0 Å². The number of nitrogens with two attached hydrogens (primary N) is 1. The van der Waals surface area contributed by atoms with Crippen molar-refractivity contribution in [2.24, 2.45) is 22.2 Å². The lowest BCUT2D eigenvalue weighted by atomic mass is 9.86. The van der Waals surface area contributed by atoms with Gasteiger partial charge in [-0.05, 0) is 44.7 Å². The fourth-order valence-corrected chi connectivity index (χ4v) is 2.67. The molecule has 0 aromatic carbocycles. The van der Waals surface area contributed by atoms with E-state index in [0.29, 0.717) is 18.4 Å². The molecule has 5 heteroatoms. The van der Waals surface area contributed by atoms with Gasteiger partial charge in [0.1, 0.15) is 5.84 Å². The maximum Gasteiger partial charge on any atom is 0.144 e. The summed E-state index contributed by atoms with van der Waals surface area (Å²) < 4.78 is 0. The van der Waals surface area contributed by atoms with Crippen molar-refractivity contribution in [3.05, 3.63) is 0 Å². The highest BCUT2D eigenvalue weighted by molar-refractivity contribution is 5.85. The summed E-state index contributed by atoms with van der Waals surface area (Å²) in [5.74, 6) is 0.771. The van der Waals surface area contributed by atoms with Crippen LogP contribution < -0.4 is 5.73 Å². The SMILES string of the molecule is CC(C)(CCCCN1CCCC(CO)C1)C(N)=NO. The smallest absolute Gasteiger partial charge is 0.144 e. The number of hydrogen-bond acceptors (Lipinski definition) is 4. The highest BCUT2D eigenvalue weighted by atomic mass is 16.4. The molecule has 0 spiro atoms. The maximum atomic E-state index is 9.20. The number of unbranched alkanes of at least 4 members (excludes halogenated alkanes) is 1. The van der Waals surface area contributed by atoms with E-state index in [1.807, 2.05) is 13.8 Å². The Morgan fingerprint density at radius 1 is 1.42 bits per heavy atom. The summed E-state index contributed by atoms with van der Waals surface area (Å²) in [7, 11) is 0. The number of aliphatic hydroxyl groups is 1. The lowest BCUT2D eigenvalue weighted by molar-refractivity contribution is 0.118. The molecule has 1 fully saturated rings. The third-order valence-corrected chi connectivity index (χ3v) is 4.19. The first-order valence-corrected chi connectivity index (χ1v) is 7.31. The summed E-state index contributed by atoms with van der Waals surface area (Å²) in [6.07, 6.45) is 5.48. The van der Waals surface area contributed by atoms with Gasteiger partial charge in [-0.25, -0.2) is 0 Å². The molecule has 0 amide bonds. The molecule has 4 N–H and O–H groups in total. The predicted octanol–water partition coefficient (Wildman–Crippen LogP) is 1.63.